The molecule has 1 amide bonds. The third kappa shape index (κ3) is 3.94. The lowest BCUT2D eigenvalue weighted by atomic mass is 9.80. The first-order chi connectivity index (χ1) is 8.51. The van der Waals surface area contributed by atoms with Crippen molar-refractivity contribution < 1.29 is 4.79 Å². The molecule has 1 aliphatic rings. The maximum absolute atomic E-state index is 12.4. The summed E-state index contributed by atoms with van der Waals surface area (Å²) in [4.78, 5) is 12.4. The van der Waals surface area contributed by atoms with Gasteiger partial charge in [0, 0.05) is 9.89 Å². The molecule has 0 bridgehead atoms. The first-order valence-electron chi connectivity index (χ1n) is 6.30. The smallest absolute Gasteiger partial charge is 0.230 e. The number of carbonyl (C=O) groups excluding carboxylic acids is 1. The molecule has 0 spiro atoms. The van der Waals surface area contributed by atoms with Gasteiger partial charge in [-0.15, -0.1) is 12.4 Å². The van der Waals surface area contributed by atoms with Crippen LogP contribution in [0.5, 0.6) is 0 Å². The number of piperidine rings is 1. The fourth-order valence-corrected chi connectivity index (χ4v) is 2.79. The third-order valence-electron chi connectivity index (χ3n) is 3.63. The number of carbonyl (C=O) groups is 1. The van der Waals surface area contributed by atoms with E-state index in [0.717, 1.165) is 36.1 Å². The van der Waals surface area contributed by atoms with Gasteiger partial charge in [-0.3, -0.25) is 4.79 Å². The van der Waals surface area contributed by atoms with E-state index >= 15 is 0 Å². The fourth-order valence-electron chi connectivity index (χ4n) is 2.20. The Bertz CT molecular complexity index is 459. The molecule has 0 aromatic heterocycles. The fraction of sp³-hybridized carbons (Fsp3) is 0.500. The minimum absolute atomic E-state index is 0. The van der Waals surface area contributed by atoms with E-state index in [4.69, 9.17) is 0 Å². The van der Waals surface area contributed by atoms with Crippen molar-refractivity contribution in [3.63, 3.8) is 0 Å². The van der Waals surface area contributed by atoms with Crippen LogP contribution in [0.3, 0.4) is 0 Å². The van der Waals surface area contributed by atoms with E-state index in [-0.39, 0.29) is 23.7 Å². The number of aryl methyl sites for hydroxylation is 1. The first-order valence-corrected chi connectivity index (χ1v) is 7.09. The van der Waals surface area contributed by atoms with E-state index in [1.165, 1.54) is 5.56 Å². The maximum Gasteiger partial charge on any atom is 0.230 e. The summed E-state index contributed by atoms with van der Waals surface area (Å²) in [5.41, 5.74) is 1.77. The molecule has 19 heavy (non-hydrogen) atoms. The predicted octanol–water partition coefficient (Wildman–Crippen LogP) is 3.51. The molecule has 2 N–H and O–H groups in total. The first kappa shape index (κ1) is 16.5. The number of halogens is 2. The number of hydrogen-bond donors (Lipinski definition) is 2. The highest BCUT2D eigenvalue weighted by atomic mass is 79.9. The molecular weight excluding hydrogens is 328 g/mol. The highest BCUT2D eigenvalue weighted by Crippen LogP contribution is 2.31. The Balaban J connectivity index is 0.00000180. The molecule has 0 atom stereocenters. The summed E-state index contributed by atoms with van der Waals surface area (Å²) in [7, 11) is 0. The molecular formula is C14H20BrClN2O. The van der Waals surface area contributed by atoms with Crippen molar-refractivity contribution in [2.75, 3.05) is 18.4 Å². The normalized spacial score (nSPS) is 17.4. The van der Waals surface area contributed by atoms with Crippen molar-refractivity contribution in [2.45, 2.75) is 26.7 Å². The maximum atomic E-state index is 12.4. The molecule has 1 aromatic rings. The van der Waals surface area contributed by atoms with Gasteiger partial charge in [-0.25, -0.2) is 0 Å². The summed E-state index contributed by atoms with van der Waals surface area (Å²) in [6, 6.07) is 5.97. The van der Waals surface area contributed by atoms with Crippen LogP contribution in [-0.4, -0.2) is 19.0 Å². The molecule has 1 saturated heterocycles. The van der Waals surface area contributed by atoms with Crippen LogP contribution in [0.4, 0.5) is 5.69 Å². The van der Waals surface area contributed by atoms with Gasteiger partial charge in [-0.05, 0) is 66.5 Å². The Morgan fingerprint density at radius 3 is 2.58 bits per heavy atom. The zero-order valence-electron chi connectivity index (χ0n) is 11.3. The topological polar surface area (TPSA) is 41.1 Å². The van der Waals surface area contributed by atoms with Gasteiger partial charge in [0.1, 0.15) is 0 Å². The Hall–Kier alpha value is -0.580. The summed E-state index contributed by atoms with van der Waals surface area (Å²) < 4.78 is 0.938. The van der Waals surface area contributed by atoms with E-state index in [1.807, 2.05) is 32.0 Å². The van der Waals surface area contributed by atoms with Crippen LogP contribution in [0.25, 0.3) is 0 Å². The van der Waals surface area contributed by atoms with Crippen LogP contribution in [-0.2, 0) is 4.79 Å². The quantitative estimate of drug-likeness (QED) is 0.859. The van der Waals surface area contributed by atoms with Crippen LogP contribution in [0.15, 0.2) is 22.7 Å². The Morgan fingerprint density at radius 2 is 2.00 bits per heavy atom. The van der Waals surface area contributed by atoms with Gasteiger partial charge in [0.15, 0.2) is 0 Å². The Labute approximate surface area is 129 Å². The highest BCUT2D eigenvalue weighted by Gasteiger charge is 2.34. The van der Waals surface area contributed by atoms with Crippen LogP contribution >= 0.6 is 28.3 Å². The number of nitrogens with one attached hydrogen (secondary N) is 2. The van der Waals surface area contributed by atoms with E-state index in [0.29, 0.717) is 0 Å². The van der Waals surface area contributed by atoms with Gasteiger partial charge < -0.3 is 10.6 Å². The van der Waals surface area contributed by atoms with Crippen molar-refractivity contribution >= 4 is 39.9 Å². The summed E-state index contributed by atoms with van der Waals surface area (Å²) in [6.07, 6.45) is 1.78. The van der Waals surface area contributed by atoms with Crippen molar-refractivity contribution in [1.29, 1.82) is 0 Å². The standard InChI is InChI=1S/C14H19BrN2O.ClH/c1-10-3-4-12(11(15)9-10)17-13(18)14(2)5-7-16-8-6-14;/h3-4,9,16H,5-8H2,1-2H3,(H,17,18);1H. The predicted molar refractivity (Wildman–Crippen MR) is 85.0 cm³/mol. The molecule has 1 aliphatic heterocycles. The van der Waals surface area contributed by atoms with Crippen LogP contribution < -0.4 is 10.6 Å². The minimum Gasteiger partial charge on any atom is -0.325 e. The van der Waals surface area contributed by atoms with E-state index < -0.39 is 0 Å². The number of anilines is 1. The molecule has 0 saturated carbocycles. The van der Waals surface area contributed by atoms with E-state index in [9.17, 15) is 4.79 Å². The van der Waals surface area contributed by atoms with Gasteiger partial charge in [0.05, 0.1) is 5.69 Å². The van der Waals surface area contributed by atoms with Crippen LogP contribution in [0, 0.1) is 12.3 Å². The highest BCUT2D eigenvalue weighted by molar-refractivity contribution is 9.10. The van der Waals surface area contributed by atoms with Gasteiger partial charge >= 0.3 is 0 Å². The van der Waals surface area contributed by atoms with Crippen molar-refractivity contribution in [3.05, 3.63) is 28.2 Å². The molecule has 1 aromatic carbocycles. The number of amides is 1. The third-order valence-corrected chi connectivity index (χ3v) is 4.28. The minimum atomic E-state index is -0.254. The zero-order chi connectivity index (χ0) is 13.2. The van der Waals surface area contributed by atoms with E-state index in [2.05, 4.69) is 26.6 Å². The monoisotopic (exact) mass is 346 g/mol. The van der Waals surface area contributed by atoms with E-state index in [1.54, 1.807) is 0 Å². The lowest BCUT2D eigenvalue weighted by Crippen LogP contribution is -2.42. The molecule has 5 heteroatoms. The van der Waals surface area contributed by atoms with Crippen LogP contribution in [0.1, 0.15) is 25.3 Å². The number of rotatable bonds is 2. The average molecular weight is 348 g/mol. The lowest BCUT2D eigenvalue weighted by molar-refractivity contribution is -0.126. The van der Waals surface area contributed by atoms with Crippen molar-refractivity contribution in [1.82, 2.24) is 5.32 Å². The second-order valence-corrected chi connectivity index (χ2v) is 6.10. The summed E-state index contributed by atoms with van der Waals surface area (Å²) in [5, 5.41) is 6.32. The average Bonchev–Trinajstić information content (AvgIpc) is 2.33. The largest absolute Gasteiger partial charge is 0.325 e. The molecule has 0 radical (unpaired) electrons. The summed E-state index contributed by atoms with van der Waals surface area (Å²) >= 11 is 3.49. The molecule has 0 unspecified atom stereocenters. The van der Waals surface area contributed by atoms with Crippen molar-refractivity contribution in [3.8, 4) is 0 Å². The zero-order valence-corrected chi connectivity index (χ0v) is 13.7. The second kappa shape index (κ2) is 6.73. The van der Waals surface area contributed by atoms with Crippen molar-refractivity contribution in [2.24, 2.45) is 5.41 Å². The lowest BCUT2D eigenvalue weighted by Gasteiger charge is -2.32. The van der Waals surface area contributed by atoms with Crippen LogP contribution in [0.2, 0.25) is 0 Å². The van der Waals surface area contributed by atoms with Gasteiger partial charge in [-0.2, -0.15) is 0 Å². The summed E-state index contributed by atoms with van der Waals surface area (Å²) in [5.74, 6) is 0.119. The molecule has 0 aliphatic carbocycles. The number of hydrogen-bond acceptors (Lipinski definition) is 2. The second-order valence-electron chi connectivity index (χ2n) is 5.25. The summed E-state index contributed by atoms with van der Waals surface area (Å²) in [6.45, 7) is 5.91. The Kier molecular flexibility index (Phi) is 5.83. The van der Waals surface area contributed by atoms with Gasteiger partial charge in [-0.1, -0.05) is 13.0 Å². The molecule has 1 fully saturated rings. The SMILES string of the molecule is Cc1ccc(NC(=O)C2(C)CCNCC2)c(Br)c1.Cl. The number of benzene rings is 1. The van der Waals surface area contributed by atoms with Gasteiger partial charge in [0.2, 0.25) is 5.91 Å². The molecule has 106 valence electrons. The van der Waals surface area contributed by atoms with Gasteiger partial charge in [0.25, 0.3) is 0 Å². The Morgan fingerprint density at radius 1 is 1.37 bits per heavy atom. The molecule has 1 heterocycles. The molecule has 3 nitrogen and oxygen atoms in total. The molecule has 2 rings (SSSR count).